The fourth-order valence-electron chi connectivity index (χ4n) is 1.83. The number of aryl methyl sites for hydroxylation is 1. The molecule has 0 amide bonds. The third kappa shape index (κ3) is 3.50. The predicted octanol–water partition coefficient (Wildman–Crippen LogP) is 4.49. The average Bonchev–Trinajstić information content (AvgIpc) is 2.41. The van der Waals surface area contributed by atoms with E-state index in [1.807, 2.05) is 49.4 Å². The Labute approximate surface area is 126 Å². The molecule has 1 unspecified atom stereocenters. The summed E-state index contributed by atoms with van der Waals surface area (Å²) in [4.78, 5) is 0. The van der Waals surface area contributed by atoms with E-state index in [0.29, 0.717) is 11.6 Å². The SMILES string of the molecule is Cc1ccc(Br)cc1OC(CN)c1ccccc1Cl. The quantitative estimate of drug-likeness (QED) is 0.890. The maximum absolute atomic E-state index is 6.19. The molecule has 0 aliphatic carbocycles. The van der Waals surface area contributed by atoms with Crippen LogP contribution in [0.15, 0.2) is 46.9 Å². The topological polar surface area (TPSA) is 35.2 Å². The molecule has 0 aliphatic heterocycles. The number of nitrogens with two attached hydrogens (primary N) is 1. The standard InChI is InChI=1S/C15H15BrClNO/c1-10-6-7-11(16)8-14(10)19-15(9-18)12-4-2-3-5-13(12)17/h2-8,15H,9,18H2,1H3. The van der Waals surface area contributed by atoms with E-state index in [0.717, 1.165) is 21.3 Å². The Balaban J connectivity index is 2.29. The first-order chi connectivity index (χ1) is 9.11. The van der Waals surface area contributed by atoms with E-state index in [2.05, 4.69) is 15.9 Å². The maximum atomic E-state index is 6.19. The Bertz CT molecular complexity index is 574. The molecule has 1 atom stereocenters. The van der Waals surface area contributed by atoms with Crippen molar-refractivity contribution in [1.29, 1.82) is 0 Å². The van der Waals surface area contributed by atoms with Crippen LogP contribution in [0.2, 0.25) is 5.02 Å². The van der Waals surface area contributed by atoms with Gasteiger partial charge in [-0.25, -0.2) is 0 Å². The summed E-state index contributed by atoms with van der Waals surface area (Å²) in [5, 5.41) is 0.672. The molecule has 0 fully saturated rings. The minimum atomic E-state index is -0.248. The van der Waals surface area contributed by atoms with Crippen LogP contribution in [0.1, 0.15) is 17.2 Å². The van der Waals surface area contributed by atoms with Crippen LogP contribution in [0.4, 0.5) is 0 Å². The Morgan fingerprint density at radius 3 is 2.68 bits per heavy atom. The Kier molecular flexibility index (Phi) is 4.86. The number of ether oxygens (including phenoxy) is 1. The molecular formula is C15H15BrClNO. The van der Waals surface area contributed by atoms with Gasteiger partial charge in [-0.3, -0.25) is 0 Å². The van der Waals surface area contributed by atoms with Crippen LogP contribution in [0, 0.1) is 6.92 Å². The van der Waals surface area contributed by atoms with Crippen molar-refractivity contribution in [3.8, 4) is 5.75 Å². The zero-order valence-corrected chi connectivity index (χ0v) is 12.9. The minimum Gasteiger partial charge on any atom is -0.484 e. The van der Waals surface area contributed by atoms with E-state index < -0.39 is 0 Å². The van der Waals surface area contributed by atoms with Crippen LogP contribution in [-0.2, 0) is 0 Å². The number of hydrogen-bond acceptors (Lipinski definition) is 2. The molecule has 2 N–H and O–H groups in total. The third-order valence-corrected chi connectivity index (χ3v) is 3.72. The highest BCUT2D eigenvalue weighted by molar-refractivity contribution is 9.10. The van der Waals surface area contributed by atoms with Gasteiger partial charge in [-0.05, 0) is 30.7 Å². The molecule has 0 bridgehead atoms. The van der Waals surface area contributed by atoms with Crippen LogP contribution in [0.5, 0.6) is 5.75 Å². The smallest absolute Gasteiger partial charge is 0.137 e. The molecule has 100 valence electrons. The lowest BCUT2D eigenvalue weighted by Crippen LogP contribution is -2.19. The summed E-state index contributed by atoms with van der Waals surface area (Å²) in [6, 6.07) is 13.5. The first kappa shape index (κ1) is 14.4. The molecule has 0 spiro atoms. The molecule has 0 saturated carbocycles. The van der Waals surface area contributed by atoms with Gasteiger partial charge in [0.05, 0.1) is 0 Å². The van der Waals surface area contributed by atoms with Gasteiger partial charge in [-0.2, -0.15) is 0 Å². The fourth-order valence-corrected chi connectivity index (χ4v) is 2.43. The van der Waals surface area contributed by atoms with E-state index in [1.165, 1.54) is 0 Å². The van der Waals surface area contributed by atoms with Crippen molar-refractivity contribution in [3.05, 3.63) is 63.1 Å². The van der Waals surface area contributed by atoms with E-state index >= 15 is 0 Å². The van der Waals surface area contributed by atoms with Gasteiger partial charge >= 0.3 is 0 Å². The molecule has 0 radical (unpaired) electrons. The van der Waals surface area contributed by atoms with Gasteiger partial charge in [-0.15, -0.1) is 0 Å². The average molecular weight is 341 g/mol. The van der Waals surface area contributed by atoms with Crippen molar-refractivity contribution in [3.63, 3.8) is 0 Å². The van der Waals surface area contributed by atoms with Gasteiger partial charge in [0.25, 0.3) is 0 Å². The third-order valence-electron chi connectivity index (χ3n) is 2.89. The molecule has 0 aromatic heterocycles. The Morgan fingerprint density at radius 2 is 2.00 bits per heavy atom. The van der Waals surface area contributed by atoms with Crippen LogP contribution >= 0.6 is 27.5 Å². The number of hydrogen-bond donors (Lipinski definition) is 1. The van der Waals surface area contributed by atoms with Crippen LogP contribution in [0.25, 0.3) is 0 Å². The fraction of sp³-hybridized carbons (Fsp3) is 0.200. The van der Waals surface area contributed by atoms with Crippen LogP contribution in [0.3, 0.4) is 0 Å². The highest BCUT2D eigenvalue weighted by Gasteiger charge is 2.15. The Morgan fingerprint density at radius 1 is 1.26 bits per heavy atom. The van der Waals surface area contributed by atoms with E-state index in [-0.39, 0.29) is 6.10 Å². The second-order valence-corrected chi connectivity index (χ2v) is 5.60. The van der Waals surface area contributed by atoms with E-state index in [4.69, 9.17) is 22.1 Å². The second-order valence-electron chi connectivity index (χ2n) is 4.27. The lowest BCUT2D eigenvalue weighted by molar-refractivity contribution is 0.213. The largest absolute Gasteiger partial charge is 0.484 e. The summed E-state index contributed by atoms with van der Waals surface area (Å²) in [6.45, 7) is 2.37. The maximum Gasteiger partial charge on any atom is 0.137 e. The molecule has 0 saturated heterocycles. The van der Waals surface area contributed by atoms with Crippen molar-refractivity contribution in [2.45, 2.75) is 13.0 Å². The summed E-state index contributed by atoms with van der Waals surface area (Å²) in [5.41, 5.74) is 7.79. The first-order valence-corrected chi connectivity index (χ1v) is 7.16. The Hall–Kier alpha value is -1.03. The van der Waals surface area contributed by atoms with Crippen LogP contribution in [-0.4, -0.2) is 6.54 Å². The van der Waals surface area contributed by atoms with E-state index in [9.17, 15) is 0 Å². The first-order valence-electron chi connectivity index (χ1n) is 5.99. The molecule has 4 heteroatoms. The zero-order valence-electron chi connectivity index (χ0n) is 10.6. The normalized spacial score (nSPS) is 12.2. The minimum absolute atomic E-state index is 0.248. The lowest BCUT2D eigenvalue weighted by atomic mass is 10.1. The van der Waals surface area contributed by atoms with Crippen molar-refractivity contribution in [2.24, 2.45) is 5.73 Å². The van der Waals surface area contributed by atoms with Gasteiger partial charge in [0, 0.05) is 21.6 Å². The molecule has 2 aromatic carbocycles. The summed E-state index contributed by atoms with van der Waals surface area (Å²) in [6.07, 6.45) is -0.248. The lowest BCUT2D eigenvalue weighted by Gasteiger charge is -2.20. The molecule has 19 heavy (non-hydrogen) atoms. The summed E-state index contributed by atoms with van der Waals surface area (Å²) in [5.74, 6) is 0.810. The monoisotopic (exact) mass is 339 g/mol. The summed E-state index contributed by atoms with van der Waals surface area (Å²) >= 11 is 9.63. The predicted molar refractivity (Wildman–Crippen MR) is 82.8 cm³/mol. The number of benzene rings is 2. The van der Waals surface area contributed by atoms with Gasteiger partial charge in [0.2, 0.25) is 0 Å². The summed E-state index contributed by atoms with van der Waals surface area (Å²) in [7, 11) is 0. The second kappa shape index (κ2) is 6.42. The molecule has 2 nitrogen and oxygen atoms in total. The highest BCUT2D eigenvalue weighted by Crippen LogP contribution is 2.30. The van der Waals surface area contributed by atoms with Gasteiger partial charge in [0.1, 0.15) is 11.9 Å². The molecule has 0 heterocycles. The summed E-state index contributed by atoms with van der Waals surface area (Å²) < 4.78 is 6.98. The van der Waals surface area contributed by atoms with Gasteiger partial charge in [0.15, 0.2) is 0 Å². The molecule has 2 rings (SSSR count). The zero-order chi connectivity index (χ0) is 13.8. The molecular weight excluding hydrogens is 326 g/mol. The number of rotatable bonds is 4. The molecule has 0 aliphatic rings. The van der Waals surface area contributed by atoms with Crippen molar-refractivity contribution in [1.82, 2.24) is 0 Å². The molecule has 2 aromatic rings. The van der Waals surface area contributed by atoms with Crippen molar-refractivity contribution in [2.75, 3.05) is 6.54 Å². The van der Waals surface area contributed by atoms with Gasteiger partial charge < -0.3 is 10.5 Å². The van der Waals surface area contributed by atoms with Crippen LogP contribution < -0.4 is 10.5 Å². The highest BCUT2D eigenvalue weighted by atomic mass is 79.9. The van der Waals surface area contributed by atoms with Crippen molar-refractivity contribution >= 4 is 27.5 Å². The van der Waals surface area contributed by atoms with Gasteiger partial charge in [-0.1, -0.05) is 51.8 Å². The van der Waals surface area contributed by atoms with Crippen molar-refractivity contribution < 1.29 is 4.74 Å². The number of halogens is 2. The van der Waals surface area contributed by atoms with E-state index in [1.54, 1.807) is 0 Å².